The maximum absolute atomic E-state index is 12.6. The van der Waals surface area contributed by atoms with Crippen molar-refractivity contribution in [1.29, 1.82) is 0 Å². The lowest BCUT2D eigenvalue weighted by atomic mass is 9.73. The third kappa shape index (κ3) is 2.73. The fourth-order valence-electron chi connectivity index (χ4n) is 4.17. The fraction of sp³-hybridized carbons (Fsp3) is 0.381. The standard InChI is InChI=1S/C21H23NO2/c23-20(15-17-9-3-1-4-10-17)24-21(18-11-5-2-6-12-18)16-22-14-8-7-13-19(21)22/h1-6,9-12,19H,7-8,13-16H2. The second kappa shape index (κ2) is 6.40. The molecule has 2 heterocycles. The van der Waals surface area contributed by atoms with E-state index < -0.39 is 5.60 Å². The van der Waals surface area contributed by atoms with E-state index in [0.29, 0.717) is 12.5 Å². The van der Waals surface area contributed by atoms with Crippen LogP contribution < -0.4 is 0 Å². The predicted octanol–water partition coefficient (Wildman–Crippen LogP) is 3.54. The molecule has 2 unspecified atom stereocenters. The molecule has 3 heteroatoms. The highest BCUT2D eigenvalue weighted by atomic mass is 16.6. The average molecular weight is 321 g/mol. The van der Waals surface area contributed by atoms with Gasteiger partial charge in [0.1, 0.15) is 0 Å². The maximum Gasteiger partial charge on any atom is 0.311 e. The zero-order valence-electron chi connectivity index (χ0n) is 13.9. The number of esters is 1. The van der Waals surface area contributed by atoms with E-state index in [4.69, 9.17) is 4.74 Å². The largest absolute Gasteiger partial charge is 0.451 e. The lowest BCUT2D eigenvalue weighted by Gasteiger charge is -2.58. The fourth-order valence-corrected chi connectivity index (χ4v) is 4.17. The highest BCUT2D eigenvalue weighted by Gasteiger charge is 2.57. The molecule has 0 amide bonds. The lowest BCUT2D eigenvalue weighted by Crippen LogP contribution is -2.70. The van der Waals surface area contributed by atoms with E-state index in [1.807, 2.05) is 48.5 Å². The minimum absolute atomic E-state index is 0.129. The van der Waals surface area contributed by atoms with Gasteiger partial charge in [0.05, 0.1) is 12.5 Å². The van der Waals surface area contributed by atoms with Crippen molar-refractivity contribution in [3.05, 3.63) is 71.8 Å². The minimum Gasteiger partial charge on any atom is -0.451 e. The first-order chi connectivity index (χ1) is 11.8. The van der Waals surface area contributed by atoms with E-state index in [0.717, 1.165) is 30.6 Å². The molecule has 0 saturated carbocycles. The summed E-state index contributed by atoms with van der Waals surface area (Å²) in [4.78, 5) is 15.1. The van der Waals surface area contributed by atoms with Crippen LogP contribution in [-0.4, -0.2) is 30.0 Å². The molecular weight excluding hydrogens is 298 g/mol. The monoisotopic (exact) mass is 321 g/mol. The predicted molar refractivity (Wildman–Crippen MR) is 93.6 cm³/mol. The van der Waals surface area contributed by atoms with E-state index in [2.05, 4.69) is 17.0 Å². The van der Waals surface area contributed by atoms with E-state index >= 15 is 0 Å². The Kier molecular flexibility index (Phi) is 4.11. The smallest absolute Gasteiger partial charge is 0.311 e. The van der Waals surface area contributed by atoms with Gasteiger partial charge >= 0.3 is 5.97 Å². The van der Waals surface area contributed by atoms with Crippen LogP contribution in [0.3, 0.4) is 0 Å². The molecule has 2 atom stereocenters. The Morgan fingerprint density at radius 3 is 2.46 bits per heavy atom. The van der Waals surface area contributed by atoms with Crippen molar-refractivity contribution in [3.8, 4) is 0 Å². The SMILES string of the molecule is O=C(Cc1ccccc1)OC1(c2ccccc2)CN2CCCCC21. The quantitative estimate of drug-likeness (QED) is 0.807. The maximum atomic E-state index is 12.6. The number of fused-ring (bicyclic) bond motifs is 1. The molecule has 24 heavy (non-hydrogen) atoms. The molecule has 2 aromatic carbocycles. The summed E-state index contributed by atoms with van der Waals surface area (Å²) < 4.78 is 6.15. The summed E-state index contributed by atoms with van der Waals surface area (Å²) in [5.41, 5.74) is 1.67. The number of ether oxygens (including phenoxy) is 1. The van der Waals surface area contributed by atoms with Crippen LogP contribution in [0.25, 0.3) is 0 Å². The van der Waals surface area contributed by atoms with Crippen LogP contribution in [0.1, 0.15) is 30.4 Å². The second-order valence-corrected chi connectivity index (χ2v) is 6.87. The summed E-state index contributed by atoms with van der Waals surface area (Å²) in [5, 5.41) is 0. The Labute approximate surface area is 143 Å². The van der Waals surface area contributed by atoms with Gasteiger partial charge in [-0.1, -0.05) is 67.1 Å². The van der Waals surface area contributed by atoms with E-state index in [-0.39, 0.29) is 5.97 Å². The third-order valence-electron chi connectivity index (χ3n) is 5.34. The first-order valence-electron chi connectivity index (χ1n) is 8.83. The van der Waals surface area contributed by atoms with E-state index in [9.17, 15) is 4.79 Å². The van der Waals surface area contributed by atoms with Gasteiger partial charge in [-0.2, -0.15) is 0 Å². The zero-order valence-corrected chi connectivity index (χ0v) is 13.9. The van der Waals surface area contributed by atoms with Gasteiger partial charge in [0.2, 0.25) is 0 Å². The number of piperidine rings is 1. The van der Waals surface area contributed by atoms with Gasteiger partial charge in [-0.3, -0.25) is 9.69 Å². The van der Waals surface area contributed by atoms with Crippen molar-refractivity contribution in [2.45, 2.75) is 37.3 Å². The molecule has 2 fully saturated rings. The number of hydrogen-bond donors (Lipinski definition) is 0. The van der Waals surface area contributed by atoms with Crippen LogP contribution in [0.5, 0.6) is 0 Å². The molecule has 0 spiro atoms. The van der Waals surface area contributed by atoms with Crippen molar-refractivity contribution in [1.82, 2.24) is 4.90 Å². The molecule has 0 N–H and O–H groups in total. The van der Waals surface area contributed by atoms with E-state index in [1.54, 1.807) is 0 Å². The van der Waals surface area contributed by atoms with Gasteiger partial charge in [-0.05, 0) is 30.5 Å². The molecule has 0 aliphatic carbocycles. The average Bonchev–Trinajstić information content (AvgIpc) is 2.61. The zero-order chi connectivity index (χ0) is 16.4. The van der Waals surface area contributed by atoms with Crippen LogP contribution in [0, 0.1) is 0 Å². The topological polar surface area (TPSA) is 29.5 Å². The number of nitrogens with zero attached hydrogens (tertiary/aromatic N) is 1. The van der Waals surface area contributed by atoms with Gasteiger partial charge in [-0.25, -0.2) is 0 Å². The van der Waals surface area contributed by atoms with Gasteiger partial charge in [0.25, 0.3) is 0 Å². The van der Waals surface area contributed by atoms with Crippen molar-refractivity contribution < 1.29 is 9.53 Å². The number of benzene rings is 2. The Hall–Kier alpha value is -2.13. The number of rotatable bonds is 4. The van der Waals surface area contributed by atoms with Crippen LogP contribution in [0.15, 0.2) is 60.7 Å². The normalized spacial score (nSPS) is 26.2. The van der Waals surface area contributed by atoms with Gasteiger partial charge in [0.15, 0.2) is 5.60 Å². The molecule has 0 radical (unpaired) electrons. The molecule has 2 aliphatic rings. The number of hydrogen-bond acceptors (Lipinski definition) is 3. The number of carbonyl (C=O) groups excluding carboxylic acids is 1. The minimum atomic E-state index is -0.465. The van der Waals surface area contributed by atoms with Crippen LogP contribution in [0.2, 0.25) is 0 Å². The highest BCUT2D eigenvalue weighted by molar-refractivity contribution is 5.73. The van der Waals surface area contributed by atoms with Gasteiger partial charge in [-0.15, -0.1) is 0 Å². The Morgan fingerprint density at radius 2 is 1.75 bits per heavy atom. The van der Waals surface area contributed by atoms with E-state index in [1.165, 1.54) is 12.8 Å². The third-order valence-corrected chi connectivity index (χ3v) is 5.34. The summed E-state index contributed by atoms with van der Waals surface area (Å²) in [6, 6.07) is 20.4. The Balaban J connectivity index is 1.56. The van der Waals surface area contributed by atoms with Gasteiger partial charge < -0.3 is 4.74 Å². The van der Waals surface area contributed by atoms with Crippen molar-refractivity contribution in [2.24, 2.45) is 0 Å². The first kappa shape index (κ1) is 15.4. The van der Waals surface area contributed by atoms with Crippen LogP contribution in [-0.2, 0) is 21.6 Å². The summed E-state index contributed by atoms with van der Waals surface area (Å²) in [6.45, 7) is 1.94. The highest BCUT2D eigenvalue weighted by Crippen LogP contribution is 2.46. The van der Waals surface area contributed by atoms with Crippen molar-refractivity contribution in [2.75, 3.05) is 13.1 Å². The molecule has 124 valence electrons. The summed E-state index contributed by atoms with van der Waals surface area (Å²) >= 11 is 0. The van der Waals surface area contributed by atoms with Crippen molar-refractivity contribution in [3.63, 3.8) is 0 Å². The molecule has 2 aliphatic heterocycles. The lowest BCUT2D eigenvalue weighted by molar-refractivity contribution is -0.210. The molecular formula is C21H23NO2. The molecule has 2 saturated heterocycles. The number of carbonyl (C=O) groups is 1. The van der Waals surface area contributed by atoms with Crippen LogP contribution in [0.4, 0.5) is 0 Å². The summed E-state index contributed by atoms with van der Waals surface area (Å²) in [6.07, 6.45) is 3.90. The first-order valence-corrected chi connectivity index (χ1v) is 8.83. The van der Waals surface area contributed by atoms with Crippen molar-refractivity contribution >= 4 is 5.97 Å². The summed E-state index contributed by atoms with van der Waals surface area (Å²) in [5.74, 6) is -0.129. The second-order valence-electron chi connectivity index (χ2n) is 6.87. The molecule has 4 rings (SSSR count). The molecule has 3 nitrogen and oxygen atoms in total. The molecule has 0 bridgehead atoms. The van der Waals surface area contributed by atoms with Gasteiger partial charge in [0, 0.05) is 6.54 Å². The van der Waals surface area contributed by atoms with Crippen LogP contribution >= 0.6 is 0 Å². The Bertz CT molecular complexity index is 700. The molecule has 2 aromatic rings. The summed E-state index contributed by atoms with van der Waals surface area (Å²) in [7, 11) is 0. The molecule has 0 aromatic heterocycles. The Morgan fingerprint density at radius 1 is 1.04 bits per heavy atom.